The van der Waals surface area contributed by atoms with Crippen LogP contribution in [0.4, 0.5) is 5.69 Å². The van der Waals surface area contributed by atoms with Gasteiger partial charge in [-0.1, -0.05) is 6.07 Å². The summed E-state index contributed by atoms with van der Waals surface area (Å²) in [7, 11) is 1.61. The number of aryl methyl sites for hydroxylation is 2. The van der Waals surface area contributed by atoms with E-state index in [9.17, 15) is 9.59 Å². The van der Waals surface area contributed by atoms with Crippen LogP contribution in [0.2, 0.25) is 0 Å². The average Bonchev–Trinajstić information content (AvgIpc) is 2.29. The van der Waals surface area contributed by atoms with Crippen molar-refractivity contribution < 1.29 is 0 Å². The molecular weight excluding hydrogens is 252 g/mol. The minimum atomic E-state index is -0.804. The van der Waals surface area contributed by atoms with E-state index in [2.05, 4.69) is 10.1 Å². The van der Waals surface area contributed by atoms with Crippen molar-refractivity contribution in [1.29, 1.82) is 0 Å². The Morgan fingerprint density at radius 2 is 2.11 bits per heavy atom. The Balaban J connectivity index is 2.43. The normalized spacial score (nSPS) is 10.6. The molecule has 0 unspecified atom stereocenters. The van der Waals surface area contributed by atoms with Gasteiger partial charge in [0, 0.05) is 17.6 Å². The second-order valence-corrected chi connectivity index (χ2v) is 4.85. The van der Waals surface area contributed by atoms with E-state index in [1.165, 1.54) is 16.4 Å². The maximum Gasteiger partial charge on any atom is 0.339 e. The third-order valence-electron chi connectivity index (χ3n) is 2.31. The second kappa shape index (κ2) is 4.69. The molecule has 2 rings (SSSR count). The zero-order chi connectivity index (χ0) is 13.3. The van der Waals surface area contributed by atoms with Crippen molar-refractivity contribution in [3.63, 3.8) is 0 Å². The summed E-state index contributed by atoms with van der Waals surface area (Å²) in [6.45, 7) is 1.94. The van der Waals surface area contributed by atoms with E-state index in [1.807, 2.05) is 25.1 Å². The highest BCUT2D eigenvalue weighted by atomic mass is 32.2. The molecule has 1 heterocycles. The molecule has 7 heteroatoms. The standard InChI is InChI=1S/C11H12N4O2S/c1-6-3-4-8(7(12)5-6)18-11-13-9(16)10(17)14-15(11)2/h3-5H,12H2,1-2H3,(H,14,17). The van der Waals surface area contributed by atoms with E-state index in [0.29, 0.717) is 10.8 Å². The fraction of sp³-hybridized carbons (Fsp3) is 0.182. The topological polar surface area (TPSA) is 93.8 Å². The highest BCUT2D eigenvalue weighted by Gasteiger charge is 2.08. The van der Waals surface area contributed by atoms with E-state index in [-0.39, 0.29) is 0 Å². The van der Waals surface area contributed by atoms with E-state index < -0.39 is 11.1 Å². The Bertz CT molecular complexity index is 705. The zero-order valence-corrected chi connectivity index (χ0v) is 10.7. The molecule has 1 aromatic carbocycles. The Hall–Kier alpha value is -2.02. The minimum Gasteiger partial charge on any atom is -0.398 e. The molecule has 0 saturated carbocycles. The lowest BCUT2D eigenvalue weighted by atomic mass is 10.2. The number of anilines is 1. The quantitative estimate of drug-likeness (QED) is 0.609. The number of aromatic nitrogens is 3. The summed E-state index contributed by atoms with van der Waals surface area (Å²) < 4.78 is 1.40. The summed E-state index contributed by atoms with van der Waals surface area (Å²) in [4.78, 5) is 26.8. The molecule has 0 aliphatic heterocycles. The molecule has 0 bridgehead atoms. The predicted octanol–water partition coefficient (Wildman–Crippen LogP) is 0.510. The average molecular weight is 264 g/mol. The first-order chi connectivity index (χ1) is 8.47. The summed E-state index contributed by atoms with van der Waals surface area (Å²) in [6, 6.07) is 5.61. The number of hydrogen-bond donors (Lipinski definition) is 2. The van der Waals surface area contributed by atoms with Gasteiger partial charge in [0.2, 0.25) is 0 Å². The maximum atomic E-state index is 11.2. The van der Waals surface area contributed by atoms with Crippen LogP contribution in [-0.2, 0) is 7.05 Å². The van der Waals surface area contributed by atoms with E-state index in [0.717, 1.165) is 10.5 Å². The van der Waals surface area contributed by atoms with Crippen molar-refractivity contribution in [3.8, 4) is 0 Å². The zero-order valence-electron chi connectivity index (χ0n) is 9.93. The van der Waals surface area contributed by atoms with Crippen molar-refractivity contribution in [2.24, 2.45) is 7.05 Å². The summed E-state index contributed by atoms with van der Waals surface area (Å²) in [5.41, 5.74) is 6.00. The molecule has 2 aromatic rings. The monoisotopic (exact) mass is 264 g/mol. The highest BCUT2D eigenvalue weighted by Crippen LogP contribution is 2.29. The molecule has 0 fully saturated rings. The number of nitrogens with two attached hydrogens (primary N) is 1. The van der Waals surface area contributed by atoms with Crippen LogP contribution >= 0.6 is 11.8 Å². The number of nitrogens with one attached hydrogen (secondary N) is 1. The van der Waals surface area contributed by atoms with Gasteiger partial charge in [-0.05, 0) is 36.4 Å². The van der Waals surface area contributed by atoms with E-state index >= 15 is 0 Å². The van der Waals surface area contributed by atoms with Crippen LogP contribution in [0.15, 0.2) is 37.8 Å². The first kappa shape index (κ1) is 12.4. The first-order valence-corrected chi connectivity index (χ1v) is 6.00. The molecular formula is C11H12N4O2S. The number of benzene rings is 1. The predicted molar refractivity (Wildman–Crippen MR) is 69.8 cm³/mol. The Kier molecular flexibility index (Phi) is 3.24. The first-order valence-electron chi connectivity index (χ1n) is 5.18. The van der Waals surface area contributed by atoms with Gasteiger partial charge in [0.15, 0.2) is 5.16 Å². The van der Waals surface area contributed by atoms with Gasteiger partial charge in [-0.2, -0.15) is 4.98 Å². The van der Waals surface area contributed by atoms with Crippen molar-refractivity contribution >= 4 is 17.4 Å². The molecule has 0 spiro atoms. The molecule has 18 heavy (non-hydrogen) atoms. The lowest BCUT2D eigenvalue weighted by molar-refractivity contribution is 0.596. The van der Waals surface area contributed by atoms with Crippen molar-refractivity contribution in [2.75, 3.05) is 5.73 Å². The van der Waals surface area contributed by atoms with Gasteiger partial charge in [-0.25, -0.2) is 0 Å². The van der Waals surface area contributed by atoms with Crippen molar-refractivity contribution in [3.05, 3.63) is 44.5 Å². The van der Waals surface area contributed by atoms with Crippen molar-refractivity contribution in [1.82, 2.24) is 14.8 Å². The van der Waals surface area contributed by atoms with Crippen LogP contribution in [0.5, 0.6) is 0 Å². The van der Waals surface area contributed by atoms with Gasteiger partial charge >= 0.3 is 11.1 Å². The van der Waals surface area contributed by atoms with Gasteiger partial charge in [0.05, 0.1) is 0 Å². The molecule has 0 aliphatic rings. The van der Waals surface area contributed by atoms with Crippen LogP contribution in [0.25, 0.3) is 0 Å². The number of hydrogen-bond acceptors (Lipinski definition) is 5. The molecule has 0 atom stereocenters. The number of nitrogen functional groups attached to an aromatic ring is 1. The van der Waals surface area contributed by atoms with Crippen LogP contribution in [0.1, 0.15) is 5.56 Å². The van der Waals surface area contributed by atoms with Gasteiger partial charge in [-0.3, -0.25) is 19.4 Å². The molecule has 0 aliphatic carbocycles. The maximum absolute atomic E-state index is 11.2. The van der Waals surface area contributed by atoms with Gasteiger partial charge < -0.3 is 5.73 Å². The van der Waals surface area contributed by atoms with E-state index in [1.54, 1.807) is 7.05 Å². The SMILES string of the molecule is Cc1ccc(Sc2nc(=O)c(=O)[nH]n2C)c(N)c1. The Morgan fingerprint density at radius 3 is 2.78 bits per heavy atom. The largest absolute Gasteiger partial charge is 0.398 e. The summed E-state index contributed by atoms with van der Waals surface area (Å²) in [5.74, 6) is 0. The van der Waals surface area contributed by atoms with E-state index in [4.69, 9.17) is 5.73 Å². The smallest absolute Gasteiger partial charge is 0.339 e. The molecule has 94 valence electrons. The van der Waals surface area contributed by atoms with Gasteiger partial charge in [0.25, 0.3) is 0 Å². The van der Waals surface area contributed by atoms with Gasteiger partial charge in [0.1, 0.15) is 0 Å². The number of H-pyrrole nitrogens is 1. The summed E-state index contributed by atoms with van der Waals surface area (Å²) >= 11 is 1.23. The molecule has 0 radical (unpaired) electrons. The highest BCUT2D eigenvalue weighted by molar-refractivity contribution is 7.99. The molecule has 0 amide bonds. The fourth-order valence-electron chi connectivity index (χ4n) is 1.41. The van der Waals surface area contributed by atoms with Gasteiger partial charge in [-0.15, -0.1) is 0 Å². The summed E-state index contributed by atoms with van der Waals surface area (Å²) in [5, 5.41) is 2.77. The fourth-order valence-corrected chi connectivity index (χ4v) is 2.23. The van der Waals surface area contributed by atoms with Crippen LogP contribution in [0.3, 0.4) is 0 Å². The third-order valence-corrected chi connectivity index (χ3v) is 3.45. The molecule has 0 saturated heterocycles. The lowest BCUT2D eigenvalue weighted by Gasteiger charge is -2.08. The van der Waals surface area contributed by atoms with Crippen LogP contribution in [0, 0.1) is 6.92 Å². The van der Waals surface area contributed by atoms with Crippen molar-refractivity contribution in [2.45, 2.75) is 17.0 Å². The second-order valence-electron chi connectivity index (χ2n) is 3.84. The number of nitrogens with zero attached hydrogens (tertiary/aromatic N) is 2. The molecule has 3 N–H and O–H groups in total. The summed E-state index contributed by atoms with van der Waals surface area (Å²) in [6.07, 6.45) is 0. The lowest BCUT2D eigenvalue weighted by Crippen LogP contribution is -2.33. The Labute approximate surface area is 107 Å². The molecule has 6 nitrogen and oxygen atoms in total. The van der Waals surface area contributed by atoms with Crippen LogP contribution in [-0.4, -0.2) is 14.8 Å². The third kappa shape index (κ3) is 2.45. The van der Waals surface area contributed by atoms with Crippen LogP contribution < -0.4 is 16.9 Å². The minimum absolute atomic E-state index is 0.384. The number of rotatable bonds is 2. The number of aromatic amines is 1. The Morgan fingerprint density at radius 1 is 1.39 bits per heavy atom. The molecule has 1 aromatic heterocycles.